The smallest absolute Gasteiger partial charge is 0.259 e. The van der Waals surface area contributed by atoms with Gasteiger partial charge in [0.1, 0.15) is 11.1 Å². The summed E-state index contributed by atoms with van der Waals surface area (Å²) in [6.07, 6.45) is 2.04. The molecule has 0 saturated carbocycles. The van der Waals surface area contributed by atoms with Crippen molar-refractivity contribution in [2.24, 2.45) is 0 Å². The van der Waals surface area contributed by atoms with Gasteiger partial charge in [-0.3, -0.25) is 14.4 Å². The summed E-state index contributed by atoms with van der Waals surface area (Å²) in [5.41, 5.74) is 0.729. The van der Waals surface area contributed by atoms with Crippen LogP contribution < -0.4 is 10.7 Å². The second-order valence-corrected chi connectivity index (χ2v) is 8.24. The maximum absolute atomic E-state index is 13.1. The third kappa shape index (κ3) is 5.96. The third-order valence-electron chi connectivity index (χ3n) is 5.39. The fourth-order valence-electron chi connectivity index (χ4n) is 3.41. The number of amides is 2. The first kappa shape index (κ1) is 23.9. The molecule has 3 aromatic rings. The molecular formula is C26H29N3O4. The topological polar surface area (TPSA) is 91.6 Å². The van der Waals surface area contributed by atoms with Gasteiger partial charge in [0.05, 0.1) is 12.6 Å². The van der Waals surface area contributed by atoms with Crippen LogP contribution in [0, 0.1) is 0 Å². The molecule has 2 amide bonds. The van der Waals surface area contributed by atoms with Crippen LogP contribution in [0.2, 0.25) is 0 Å². The largest absolute Gasteiger partial charge is 0.387 e. The first-order valence-corrected chi connectivity index (χ1v) is 10.8. The molecular weight excluding hydrogens is 418 g/mol. The molecule has 0 aliphatic heterocycles. The van der Waals surface area contributed by atoms with Crippen LogP contribution in [0.1, 0.15) is 57.8 Å². The van der Waals surface area contributed by atoms with Crippen molar-refractivity contribution in [3.05, 3.63) is 106 Å². The monoisotopic (exact) mass is 447 g/mol. The van der Waals surface area contributed by atoms with E-state index in [-0.39, 0.29) is 30.3 Å². The molecule has 33 heavy (non-hydrogen) atoms. The molecule has 0 aliphatic carbocycles. The first-order valence-electron chi connectivity index (χ1n) is 10.8. The quantitative estimate of drug-likeness (QED) is 0.555. The number of likely N-dealkylation sites (N-methyl/N-ethyl adjacent to an activating group) is 1. The lowest BCUT2D eigenvalue weighted by atomic mass is 10.1. The highest BCUT2D eigenvalue weighted by Crippen LogP contribution is 2.15. The zero-order valence-electron chi connectivity index (χ0n) is 19.1. The second-order valence-electron chi connectivity index (χ2n) is 8.24. The number of nitrogens with zero attached hydrogens (tertiary/aromatic N) is 2. The van der Waals surface area contributed by atoms with Gasteiger partial charge in [0.2, 0.25) is 5.43 Å². The van der Waals surface area contributed by atoms with Crippen LogP contribution in [-0.4, -0.2) is 40.0 Å². The minimum atomic E-state index is -0.898. The first-order chi connectivity index (χ1) is 15.8. The van der Waals surface area contributed by atoms with Crippen LogP contribution in [0.5, 0.6) is 0 Å². The maximum Gasteiger partial charge on any atom is 0.259 e. The summed E-state index contributed by atoms with van der Waals surface area (Å²) in [7, 11) is 1.52. The fraction of sp³-hybridized carbons (Fsp3) is 0.269. The number of aliphatic hydroxyl groups excluding tert-OH is 1. The molecule has 0 spiro atoms. The van der Waals surface area contributed by atoms with Gasteiger partial charge in [0.25, 0.3) is 11.8 Å². The highest BCUT2D eigenvalue weighted by atomic mass is 16.3. The Morgan fingerprint density at radius 3 is 2.15 bits per heavy atom. The third-order valence-corrected chi connectivity index (χ3v) is 5.39. The molecule has 1 heterocycles. The number of aliphatic hydroxyl groups is 1. The van der Waals surface area contributed by atoms with E-state index in [1.54, 1.807) is 28.8 Å². The lowest BCUT2D eigenvalue weighted by molar-refractivity contribution is 0.0678. The number of rotatable bonds is 8. The van der Waals surface area contributed by atoms with E-state index in [4.69, 9.17) is 0 Å². The van der Waals surface area contributed by atoms with Crippen molar-refractivity contribution in [2.75, 3.05) is 13.6 Å². The molecule has 7 nitrogen and oxygen atoms in total. The molecule has 1 atom stereocenters. The summed E-state index contributed by atoms with van der Waals surface area (Å²) < 4.78 is 1.67. The summed E-state index contributed by atoms with van der Waals surface area (Å²) >= 11 is 0. The lowest BCUT2D eigenvalue weighted by Gasteiger charge is -2.22. The Morgan fingerprint density at radius 1 is 0.970 bits per heavy atom. The minimum Gasteiger partial charge on any atom is -0.387 e. The van der Waals surface area contributed by atoms with Gasteiger partial charge in [-0.15, -0.1) is 0 Å². The molecule has 0 aliphatic rings. The number of nitrogens with one attached hydrogen (secondary N) is 1. The van der Waals surface area contributed by atoms with Crippen LogP contribution in [0.25, 0.3) is 0 Å². The van der Waals surface area contributed by atoms with Gasteiger partial charge in [0.15, 0.2) is 0 Å². The fourth-order valence-corrected chi connectivity index (χ4v) is 3.41. The van der Waals surface area contributed by atoms with Crippen LogP contribution in [0.4, 0.5) is 0 Å². The van der Waals surface area contributed by atoms with Crippen molar-refractivity contribution >= 4 is 11.8 Å². The van der Waals surface area contributed by atoms with Crippen LogP contribution in [0.3, 0.4) is 0 Å². The Morgan fingerprint density at radius 2 is 1.55 bits per heavy atom. The van der Waals surface area contributed by atoms with Crippen LogP contribution in [0.15, 0.2) is 77.9 Å². The predicted molar refractivity (Wildman–Crippen MR) is 127 cm³/mol. The van der Waals surface area contributed by atoms with E-state index < -0.39 is 23.3 Å². The number of pyridine rings is 1. The summed E-state index contributed by atoms with van der Waals surface area (Å²) in [5.74, 6) is -1.10. The summed E-state index contributed by atoms with van der Waals surface area (Å²) in [5, 5.41) is 13.2. The van der Waals surface area contributed by atoms with Crippen molar-refractivity contribution < 1.29 is 14.7 Å². The highest BCUT2D eigenvalue weighted by molar-refractivity contribution is 5.99. The normalized spacial score (nSPS) is 11.8. The van der Waals surface area contributed by atoms with Gasteiger partial charge in [-0.1, -0.05) is 60.7 Å². The number of hydrogen-bond donors (Lipinski definition) is 2. The Balaban J connectivity index is 1.84. The number of carbonyl (C=O) groups excluding carboxylic acids is 2. The van der Waals surface area contributed by atoms with Gasteiger partial charge >= 0.3 is 0 Å². The summed E-state index contributed by atoms with van der Waals surface area (Å²) in [6, 6.07) is 18.3. The minimum absolute atomic E-state index is 0.00833. The van der Waals surface area contributed by atoms with Crippen LogP contribution >= 0.6 is 0 Å². The summed E-state index contributed by atoms with van der Waals surface area (Å²) in [4.78, 5) is 40.4. The number of aromatic nitrogens is 1. The van der Waals surface area contributed by atoms with E-state index in [0.717, 1.165) is 5.56 Å². The van der Waals surface area contributed by atoms with Gasteiger partial charge in [0, 0.05) is 32.0 Å². The SMILES string of the molecule is CC(C)n1cc(C(=O)NCc2ccccc2)c(=O)c(C(=O)N(C)CC(O)c2ccccc2)c1. The van der Waals surface area contributed by atoms with Gasteiger partial charge < -0.3 is 19.9 Å². The average molecular weight is 448 g/mol. The van der Waals surface area contributed by atoms with E-state index in [1.807, 2.05) is 50.2 Å². The number of benzene rings is 2. The molecule has 2 N–H and O–H groups in total. The molecule has 2 aromatic carbocycles. The van der Waals surface area contributed by atoms with Crippen molar-refractivity contribution in [1.29, 1.82) is 0 Å². The molecule has 1 unspecified atom stereocenters. The Bertz CT molecular complexity index is 1160. The van der Waals surface area contributed by atoms with Crippen molar-refractivity contribution in [3.8, 4) is 0 Å². The lowest BCUT2D eigenvalue weighted by Crippen LogP contribution is -2.37. The standard InChI is InChI=1S/C26H29N3O4/c1-18(2)29-15-21(25(32)27-14-19-10-6-4-7-11-19)24(31)22(16-29)26(33)28(3)17-23(30)20-12-8-5-9-13-20/h4-13,15-16,18,23,30H,14,17H2,1-3H3,(H,27,32). The van der Waals surface area contributed by atoms with E-state index in [1.165, 1.54) is 24.3 Å². The van der Waals surface area contributed by atoms with Crippen LogP contribution in [-0.2, 0) is 6.54 Å². The number of carbonyl (C=O) groups is 2. The Hall–Kier alpha value is -3.71. The predicted octanol–water partition coefficient (Wildman–Crippen LogP) is 3.16. The molecule has 1 aromatic heterocycles. The van der Waals surface area contributed by atoms with Crippen molar-refractivity contribution in [2.45, 2.75) is 32.5 Å². The Kier molecular flexibility index (Phi) is 7.79. The average Bonchev–Trinajstić information content (AvgIpc) is 2.83. The van der Waals surface area contributed by atoms with E-state index in [0.29, 0.717) is 5.56 Å². The zero-order chi connectivity index (χ0) is 24.0. The van der Waals surface area contributed by atoms with Crippen molar-refractivity contribution in [3.63, 3.8) is 0 Å². The molecule has 0 radical (unpaired) electrons. The number of hydrogen-bond acceptors (Lipinski definition) is 4. The van der Waals surface area contributed by atoms with Gasteiger partial charge in [-0.05, 0) is 25.0 Å². The maximum atomic E-state index is 13.1. The molecule has 0 bridgehead atoms. The van der Waals surface area contributed by atoms with E-state index >= 15 is 0 Å². The van der Waals surface area contributed by atoms with E-state index in [2.05, 4.69) is 5.32 Å². The molecule has 7 heteroatoms. The Labute approximate surface area is 193 Å². The highest BCUT2D eigenvalue weighted by Gasteiger charge is 2.23. The van der Waals surface area contributed by atoms with Gasteiger partial charge in [-0.2, -0.15) is 0 Å². The van der Waals surface area contributed by atoms with E-state index in [9.17, 15) is 19.5 Å². The zero-order valence-corrected chi connectivity index (χ0v) is 19.1. The molecule has 0 saturated heterocycles. The second kappa shape index (κ2) is 10.7. The van der Waals surface area contributed by atoms with Crippen molar-refractivity contribution in [1.82, 2.24) is 14.8 Å². The van der Waals surface area contributed by atoms with Gasteiger partial charge in [-0.25, -0.2) is 0 Å². The summed E-state index contributed by atoms with van der Waals surface area (Å²) in [6.45, 7) is 4.07. The molecule has 3 rings (SSSR count). The molecule has 0 fully saturated rings. The molecule has 172 valence electrons.